The van der Waals surface area contributed by atoms with Crippen molar-refractivity contribution >= 4 is 12.1 Å². The van der Waals surface area contributed by atoms with E-state index in [9.17, 15) is 4.79 Å². The Morgan fingerprint density at radius 2 is 2.19 bits per heavy atom. The van der Waals surface area contributed by atoms with Gasteiger partial charge in [-0.2, -0.15) is 5.10 Å². The summed E-state index contributed by atoms with van der Waals surface area (Å²) in [4.78, 5) is 18.3. The van der Waals surface area contributed by atoms with Crippen LogP contribution in [-0.2, 0) is 0 Å². The predicted octanol–water partition coefficient (Wildman–Crippen LogP) is 1.17. The molecular formula is C11H10N4O. The second kappa shape index (κ2) is 4.88. The van der Waals surface area contributed by atoms with Crippen LogP contribution in [0.25, 0.3) is 0 Å². The third kappa shape index (κ3) is 2.54. The molecule has 5 nitrogen and oxygen atoms in total. The molecule has 2 heterocycles. The minimum Gasteiger partial charge on any atom is -0.360 e. The highest BCUT2D eigenvalue weighted by atomic mass is 16.2. The first-order chi connectivity index (χ1) is 7.86. The zero-order valence-electron chi connectivity index (χ0n) is 8.42. The largest absolute Gasteiger partial charge is 0.360 e. The summed E-state index contributed by atoms with van der Waals surface area (Å²) in [7, 11) is 0. The first-order valence-electron chi connectivity index (χ1n) is 4.73. The van der Waals surface area contributed by atoms with Gasteiger partial charge in [-0.05, 0) is 24.3 Å². The molecule has 2 aromatic rings. The molecule has 80 valence electrons. The first kappa shape index (κ1) is 10.1. The van der Waals surface area contributed by atoms with Gasteiger partial charge in [-0.25, -0.2) is 5.43 Å². The zero-order chi connectivity index (χ0) is 11.2. The van der Waals surface area contributed by atoms with Gasteiger partial charge in [-0.3, -0.25) is 9.78 Å². The van der Waals surface area contributed by atoms with E-state index in [0.29, 0.717) is 5.56 Å². The van der Waals surface area contributed by atoms with Crippen molar-refractivity contribution in [3.05, 3.63) is 54.1 Å². The van der Waals surface area contributed by atoms with Crippen molar-refractivity contribution in [1.82, 2.24) is 15.4 Å². The average Bonchev–Trinajstić information content (AvgIpc) is 2.83. The van der Waals surface area contributed by atoms with Gasteiger partial charge in [-0.15, -0.1) is 0 Å². The normalized spacial score (nSPS) is 10.5. The fourth-order valence-electron chi connectivity index (χ4n) is 1.15. The predicted molar refractivity (Wildman–Crippen MR) is 60.1 cm³/mol. The van der Waals surface area contributed by atoms with Crippen molar-refractivity contribution in [2.45, 2.75) is 0 Å². The van der Waals surface area contributed by atoms with Gasteiger partial charge >= 0.3 is 0 Å². The van der Waals surface area contributed by atoms with Crippen LogP contribution in [-0.4, -0.2) is 22.1 Å². The lowest BCUT2D eigenvalue weighted by Gasteiger charge is -1.97. The number of rotatable bonds is 3. The van der Waals surface area contributed by atoms with Crippen molar-refractivity contribution in [2.24, 2.45) is 5.10 Å². The number of nitrogens with one attached hydrogen (secondary N) is 2. The lowest BCUT2D eigenvalue weighted by atomic mass is 10.3. The molecule has 0 aliphatic carbocycles. The monoisotopic (exact) mass is 214 g/mol. The molecule has 5 heteroatoms. The molecule has 2 aromatic heterocycles. The first-order valence-corrected chi connectivity index (χ1v) is 4.73. The van der Waals surface area contributed by atoms with E-state index in [2.05, 4.69) is 20.5 Å². The van der Waals surface area contributed by atoms with Gasteiger partial charge in [0.2, 0.25) is 0 Å². The lowest BCUT2D eigenvalue weighted by Crippen LogP contribution is -2.17. The Morgan fingerprint density at radius 3 is 2.88 bits per heavy atom. The number of carbonyl (C=O) groups excluding carboxylic acids is 1. The molecule has 1 amide bonds. The lowest BCUT2D eigenvalue weighted by molar-refractivity contribution is 0.0955. The Hall–Kier alpha value is -2.43. The Morgan fingerprint density at radius 1 is 1.38 bits per heavy atom. The maximum atomic E-state index is 11.5. The van der Waals surface area contributed by atoms with Crippen LogP contribution in [0.4, 0.5) is 0 Å². The molecule has 16 heavy (non-hydrogen) atoms. The summed E-state index contributed by atoms with van der Waals surface area (Å²) in [6.45, 7) is 0. The number of carbonyl (C=O) groups is 1. The van der Waals surface area contributed by atoms with Crippen LogP contribution in [0, 0.1) is 0 Å². The third-order valence-corrected chi connectivity index (χ3v) is 1.93. The molecule has 0 saturated carbocycles. The SMILES string of the molecule is O=C(N/N=C/c1ccc[nH]1)c1ccncc1. The van der Waals surface area contributed by atoms with Crippen molar-refractivity contribution < 1.29 is 4.79 Å². The van der Waals surface area contributed by atoms with Crippen molar-refractivity contribution in [1.29, 1.82) is 0 Å². The number of hydrogen-bond acceptors (Lipinski definition) is 3. The smallest absolute Gasteiger partial charge is 0.271 e. The molecule has 2 rings (SSSR count). The van der Waals surface area contributed by atoms with Crippen molar-refractivity contribution in [2.75, 3.05) is 0 Å². The molecule has 0 spiro atoms. The summed E-state index contributed by atoms with van der Waals surface area (Å²) in [6, 6.07) is 6.95. The minimum absolute atomic E-state index is 0.259. The Bertz CT molecular complexity index is 476. The number of H-pyrrole nitrogens is 1. The molecule has 0 atom stereocenters. The molecule has 0 aromatic carbocycles. The summed E-state index contributed by atoms with van der Waals surface area (Å²) < 4.78 is 0. The number of hydrazone groups is 1. The number of pyridine rings is 1. The Kier molecular flexibility index (Phi) is 3.08. The van der Waals surface area contributed by atoms with Crippen LogP contribution >= 0.6 is 0 Å². The van der Waals surface area contributed by atoms with Crippen molar-refractivity contribution in [3.63, 3.8) is 0 Å². The van der Waals surface area contributed by atoms with Crippen LogP contribution < -0.4 is 5.43 Å². The van der Waals surface area contributed by atoms with Gasteiger partial charge in [0.05, 0.1) is 11.9 Å². The Labute approximate surface area is 92.2 Å². The second-order valence-electron chi connectivity index (χ2n) is 3.06. The van der Waals surface area contributed by atoms with E-state index in [1.165, 1.54) is 0 Å². The number of amides is 1. The average molecular weight is 214 g/mol. The van der Waals surface area contributed by atoms with Crippen LogP contribution in [0.15, 0.2) is 48.0 Å². The van der Waals surface area contributed by atoms with Crippen LogP contribution in [0.5, 0.6) is 0 Å². The van der Waals surface area contributed by atoms with Gasteiger partial charge in [0.1, 0.15) is 0 Å². The molecule has 0 saturated heterocycles. The number of hydrogen-bond donors (Lipinski definition) is 2. The van der Waals surface area contributed by atoms with Gasteiger partial charge in [0.25, 0.3) is 5.91 Å². The van der Waals surface area contributed by atoms with Crippen molar-refractivity contribution in [3.8, 4) is 0 Å². The number of nitrogens with zero attached hydrogens (tertiary/aromatic N) is 2. The fraction of sp³-hybridized carbons (Fsp3) is 0. The highest BCUT2D eigenvalue weighted by Crippen LogP contribution is 1.95. The number of aromatic nitrogens is 2. The van der Waals surface area contributed by atoms with E-state index >= 15 is 0 Å². The molecule has 2 N–H and O–H groups in total. The third-order valence-electron chi connectivity index (χ3n) is 1.93. The van der Waals surface area contributed by atoms with E-state index in [1.54, 1.807) is 36.9 Å². The molecule has 0 radical (unpaired) electrons. The summed E-state index contributed by atoms with van der Waals surface area (Å²) >= 11 is 0. The van der Waals surface area contributed by atoms with E-state index in [0.717, 1.165) is 5.69 Å². The standard InChI is InChI=1S/C11H10N4O/c16-11(9-3-6-12-7-4-9)15-14-8-10-2-1-5-13-10/h1-8,13H,(H,15,16)/b14-8+. The van der Waals surface area contributed by atoms with Gasteiger partial charge in [0, 0.05) is 24.2 Å². The maximum absolute atomic E-state index is 11.5. The van der Waals surface area contributed by atoms with Gasteiger partial charge in [-0.1, -0.05) is 0 Å². The summed E-state index contributed by atoms with van der Waals surface area (Å²) in [5.74, 6) is -0.259. The maximum Gasteiger partial charge on any atom is 0.271 e. The second-order valence-corrected chi connectivity index (χ2v) is 3.06. The topological polar surface area (TPSA) is 70.1 Å². The van der Waals surface area contributed by atoms with E-state index < -0.39 is 0 Å². The van der Waals surface area contributed by atoms with E-state index in [4.69, 9.17) is 0 Å². The zero-order valence-corrected chi connectivity index (χ0v) is 8.42. The molecule has 0 unspecified atom stereocenters. The fourth-order valence-corrected chi connectivity index (χ4v) is 1.15. The molecule has 0 aliphatic rings. The van der Waals surface area contributed by atoms with E-state index in [1.807, 2.05) is 12.1 Å². The van der Waals surface area contributed by atoms with Crippen LogP contribution in [0.2, 0.25) is 0 Å². The van der Waals surface area contributed by atoms with E-state index in [-0.39, 0.29) is 5.91 Å². The quantitative estimate of drug-likeness (QED) is 0.594. The molecular weight excluding hydrogens is 204 g/mol. The molecule has 0 aliphatic heterocycles. The Balaban J connectivity index is 1.94. The molecule has 0 bridgehead atoms. The molecule has 0 fully saturated rings. The van der Waals surface area contributed by atoms with Gasteiger partial charge < -0.3 is 4.98 Å². The summed E-state index contributed by atoms with van der Waals surface area (Å²) in [6.07, 6.45) is 6.44. The highest BCUT2D eigenvalue weighted by Gasteiger charge is 2.01. The minimum atomic E-state index is -0.259. The van der Waals surface area contributed by atoms with Crippen LogP contribution in [0.3, 0.4) is 0 Å². The number of aromatic amines is 1. The highest BCUT2D eigenvalue weighted by molar-refractivity contribution is 5.94. The van der Waals surface area contributed by atoms with Gasteiger partial charge in [0.15, 0.2) is 0 Å². The summed E-state index contributed by atoms with van der Waals surface area (Å²) in [5, 5.41) is 3.81. The summed E-state index contributed by atoms with van der Waals surface area (Å²) in [5.41, 5.74) is 3.78. The van der Waals surface area contributed by atoms with Crippen LogP contribution in [0.1, 0.15) is 16.1 Å².